The number of sulfonamides is 1. The number of nitrogens with one attached hydrogen (secondary N) is 2. The van der Waals surface area contributed by atoms with E-state index in [4.69, 9.17) is 9.15 Å². The highest BCUT2D eigenvalue weighted by molar-refractivity contribution is 7.89. The minimum atomic E-state index is -3.57. The molecule has 0 radical (unpaired) electrons. The van der Waals surface area contributed by atoms with E-state index in [1.54, 1.807) is 13.1 Å². The Morgan fingerprint density at radius 1 is 1.32 bits per heavy atom. The standard InChI is InChI=1S/C12H22N2O4S/c1-3-4-8-17-9-7-14-19(15,16)12-6-5-11(18-12)10-13-2/h5-6,13-14H,3-4,7-10H2,1-2H3. The second kappa shape index (κ2) is 8.31. The quantitative estimate of drug-likeness (QED) is 0.631. The van der Waals surface area contributed by atoms with E-state index >= 15 is 0 Å². The van der Waals surface area contributed by atoms with E-state index in [9.17, 15) is 8.42 Å². The first kappa shape index (κ1) is 16.2. The monoisotopic (exact) mass is 290 g/mol. The number of unbranched alkanes of at least 4 members (excludes halogenated alkanes) is 1. The lowest BCUT2D eigenvalue weighted by Gasteiger charge is -2.05. The van der Waals surface area contributed by atoms with Gasteiger partial charge in [-0.1, -0.05) is 13.3 Å². The fourth-order valence-corrected chi connectivity index (χ4v) is 2.40. The summed E-state index contributed by atoms with van der Waals surface area (Å²) in [4.78, 5) is 0. The average molecular weight is 290 g/mol. The predicted octanol–water partition coefficient (Wildman–Crippen LogP) is 1.09. The molecule has 0 aliphatic carbocycles. The summed E-state index contributed by atoms with van der Waals surface area (Å²) in [5.41, 5.74) is 0. The van der Waals surface area contributed by atoms with Gasteiger partial charge in [0, 0.05) is 13.2 Å². The van der Waals surface area contributed by atoms with Gasteiger partial charge in [-0.05, 0) is 25.6 Å². The fourth-order valence-electron chi connectivity index (χ4n) is 1.44. The summed E-state index contributed by atoms with van der Waals surface area (Å²) in [5.74, 6) is 0.585. The molecule has 1 rings (SSSR count). The van der Waals surface area contributed by atoms with Crippen LogP contribution in [-0.4, -0.2) is 35.2 Å². The van der Waals surface area contributed by atoms with Gasteiger partial charge in [-0.25, -0.2) is 13.1 Å². The zero-order chi connectivity index (χ0) is 14.1. The Balaban J connectivity index is 2.38. The zero-order valence-corrected chi connectivity index (χ0v) is 12.3. The van der Waals surface area contributed by atoms with Crippen molar-refractivity contribution in [2.45, 2.75) is 31.4 Å². The molecule has 0 saturated heterocycles. The molecule has 19 heavy (non-hydrogen) atoms. The van der Waals surface area contributed by atoms with E-state index in [1.165, 1.54) is 6.07 Å². The van der Waals surface area contributed by atoms with Gasteiger partial charge in [-0.15, -0.1) is 0 Å². The number of hydrogen-bond donors (Lipinski definition) is 2. The topological polar surface area (TPSA) is 80.6 Å². The molecule has 7 heteroatoms. The molecule has 0 aromatic carbocycles. The third kappa shape index (κ3) is 5.73. The Morgan fingerprint density at radius 2 is 2.11 bits per heavy atom. The molecule has 2 N–H and O–H groups in total. The first-order valence-electron chi connectivity index (χ1n) is 6.41. The summed E-state index contributed by atoms with van der Waals surface area (Å²) in [7, 11) is -1.81. The lowest BCUT2D eigenvalue weighted by atomic mass is 10.4. The van der Waals surface area contributed by atoms with Crippen LogP contribution in [0.2, 0.25) is 0 Å². The van der Waals surface area contributed by atoms with E-state index in [0.29, 0.717) is 25.5 Å². The fraction of sp³-hybridized carbons (Fsp3) is 0.667. The van der Waals surface area contributed by atoms with Crippen molar-refractivity contribution in [3.63, 3.8) is 0 Å². The van der Waals surface area contributed by atoms with E-state index in [1.807, 2.05) is 0 Å². The van der Waals surface area contributed by atoms with Crippen LogP contribution in [0.25, 0.3) is 0 Å². The summed E-state index contributed by atoms with van der Waals surface area (Å²) >= 11 is 0. The normalized spacial score (nSPS) is 11.9. The minimum absolute atomic E-state index is 0.0636. The Bertz CT molecular complexity index is 456. The van der Waals surface area contributed by atoms with Crippen LogP contribution >= 0.6 is 0 Å². The number of hydrogen-bond acceptors (Lipinski definition) is 5. The first-order valence-corrected chi connectivity index (χ1v) is 7.89. The van der Waals surface area contributed by atoms with Gasteiger partial charge in [0.15, 0.2) is 0 Å². The van der Waals surface area contributed by atoms with Crippen molar-refractivity contribution in [1.82, 2.24) is 10.0 Å². The van der Waals surface area contributed by atoms with Crippen LogP contribution in [0.5, 0.6) is 0 Å². The second-order valence-corrected chi connectivity index (χ2v) is 5.81. The highest BCUT2D eigenvalue weighted by atomic mass is 32.2. The lowest BCUT2D eigenvalue weighted by molar-refractivity contribution is 0.136. The van der Waals surface area contributed by atoms with E-state index < -0.39 is 10.0 Å². The van der Waals surface area contributed by atoms with Crippen LogP contribution in [0.15, 0.2) is 21.6 Å². The van der Waals surface area contributed by atoms with Crippen molar-refractivity contribution >= 4 is 10.0 Å². The molecule has 1 aromatic heterocycles. The molecule has 6 nitrogen and oxygen atoms in total. The van der Waals surface area contributed by atoms with Crippen molar-refractivity contribution in [2.75, 3.05) is 26.8 Å². The molecule has 0 spiro atoms. The molecule has 0 aliphatic rings. The van der Waals surface area contributed by atoms with E-state index in [2.05, 4.69) is 17.0 Å². The minimum Gasteiger partial charge on any atom is -0.447 e. The van der Waals surface area contributed by atoms with Gasteiger partial charge >= 0.3 is 0 Å². The van der Waals surface area contributed by atoms with Crippen molar-refractivity contribution in [3.05, 3.63) is 17.9 Å². The zero-order valence-electron chi connectivity index (χ0n) is 11.4. The number of rotatable bonds is 10. The Morgan fingerprint density at radius 3 is 2.79 bits per heavy atom. The predicted molar refractivity (Wildman–Crippen MR) is 72.4 cm³/mol. The number of ether oxygens (including phenoxy) is 1. The van der Waals surface area contributed by atoms with Crippen molar-refractivity contribution in [3.8, 4) is 0 Å². The maximum Gasteiger partial charge on any atom is 0.274 e. The van der Waals surface area contributed by atoms with Crippen LogP contribution in [0.4, 0.5) is 0 Å². The molecule has 0 saturated carbocycles. The summed E-state index contributed by atoms with van der Waals surface area (Å²) in [6, 6.07) is 3.09. The number of furan rings is 1. The van der Waals surface area contributed by atoms with Gasteiger partial charge in [-0.3, -0.25) is 0 Å². The highest BCUT2D eigenvalue weighted by Crippen LogP contribution is 2.13. The molecule has 0 atom stereocenters. The summed E-state index contributed by atoms with van der Waals surface area (Å²) < 4.78 is 36.7. The Hall–Kier alpha value is -0.890. The van der Waals surface area contributed by atoms with Crippen LogP contribution < -0.4 is 10.0 Å². The van der Waals surface area contributed by atoms with Crippen LogP contribution in [0.1, 0.15) is 25.5 Å². The molecular formula is C12H22N2O4S. The molecule has 1 aromatic rings. The smallest absolute Gasteiger partial charge is 0.274 e. The van der Waals surface area contributed by atoms with E-state index in [0.717, 1.165) is 12.8 Å². The molecular weight excluding hydrogens is 268 g/mol. The van der Waals surface area contributed by atoms with Crippen LogP contribution in [-0.2, 0) is 21.3 Å². The molecule has 0 bridgehead atoms. The Labute approximate surface area is 114 Å². The van der Waals surface area contributed by atoms with Crippen LogP contribution in [0, 0.1) is 0 Å². The molecule has 0 fully saturated rings. The van der Waals surface area contributed by atoms with Crippen LogP contribution in [0.3, 0.4) is 0 Å². The van der Waals surface area contributed by atoms with Gasteiger partial charge in [0.2, 0.25) is 5.09 Å². The van der Waals surface area contributed by atoms with Crippen molar-refractivity contribution in [2.24, 2.45) is 0 Å². The lowest BCUT2D eigenvalue weighted by Crippen LogP contribution is -2.27. The molecule has 0 unspecified atom stereocenters. The maximum absolute atomic E-state index is 11.9. The van der Waals surface area contributed by atoms with Gasteiger partial charge in [0.1, 0.15) is 5.76 Å². The summed E-state index contributed by atoms with van der Waals surface area (Å²) in [5, 5.41) is 2.83. The first-order chi connectivity index (χ1) is 9.10. The van der Waals surface area contributed by atoms with Crippen molar-refractivity contribution in [1.29, 1.82) is 0 Å². The third-order valence-electron chi connectivity index (χ3n) is 2.43. The molecule has 1 heterocycles. The second-order valence-electron chi connectivity index (χ2n) is 4.11. The summed E-state index contributed by atoms with van der Waals surface area (Å²) in [6.45, 7) is 3.84. The van der Waals surface area contributed by atoms with Gasteiger partial charge in [-0.2, -0.15) is 0 Å². The van der Waals surface area contributed by atoms with Gasteiger partial charge < -0.3 is 14.5 Å². The van der Waals surface area contributed by atoms with Gasteiger partial charge in [0.05, 0.1) is 13.2 Å². The maximum atomic E-state index is 11.9. The van der Waals surface area contributed by atoms with E-state index in [-0.39, 0.29) is 11.6 Å². The SMILES string of the molecule is CCCCOCCNS(=O)(=O)c1ccc(CNC)o1. The van der Waals surface area contributed by atoms with Crippen molar-refractivity contribution < 1.29 is 17.6 Å². The molecule has 110 valence electrons. The van der Waals surface area contributed by atoms with Gasteiger partial charge in [0.25, 0.3) is 10.0 Å². The summed E-state index contributed by atoms with van der Waals surface area (Å²) in [6.07, 6.45) is 2.05. The Kier molecular flexibility index (Phi) is 7.07. The average Bonchev–Trinajstić information content (AvgIpc) is 2.83. The largest absolute Gasteiger partial charge is 0.447 e. The molecule has 0 amide bonds. The highest BCUT2D eigenvalue weighted by Gasteiger charge is 2.17. The molecule has 0 aliphatic heterocycles. The third-order valence-corrected chi connectivity index (χ3v) is 3.77.